The predicted octanol–water partition coefficient (Wildman–Crippen LogP) is 2.62. The zero-order chi connectivity index (χ0) is 101. The van der Waals surface area contributed by atoms with E-state index in [4.69, 9.17) is 94.2 Å². The molecule has 0 saturated heterocycles. The maximum atomic E-state index is 12.0. The highest BCUT2D eigenvalue weighted by molar-refractivity contribution is 8.37. The average Bonchev–Trinajstić information content (AvgIpc) is 1.49. The zero-order valence-electron chi connectivity index (χ0n) is 73.3. The third-order valence-corrected chi connectivity index (χ3v) is 39.6. The van der Waals surface area contributed by atoms with Gasteiger partial charge in [0.15, 0.2) is 71.1 Å². The van der Waals surface area contributed by atoms with E-state index in [0.29, 0.717) is 65.4 Å². The first-order valence-electron chi connectivity index (χ1n) is 41.2. The SMILES string of the molecule is CN(/N=C\c1ccc(O[P+]2(Oc3ccc(/C=N\N(C)[P+]([S-])(Oc4ccc(CCN(C[P+]([O-])(O)O)C[P+]([O-])(O)O)cc4)Oc4ccc(CCN(C[P+]([O-])(O)O)C[P+]([O-])(O)O)cc4)cc3)[N-]P3(=N[P+]4([N-]2)Oc2ccccc2-c2ccccc2O4)Oc2ccccc2-c2ccccc2O3)cc1)[P+]([S-])(Oc1ccc(CCN(C[P+]([O-])([O-])[O-])C[P+]([O-])([O-])[O-])cc1)Oc1ccc(CCN(C[P+]([O-])([O-])[O-])C[P+]([O-])([O-])[O-])cc1. The van der Waals surface area contributed by atoms with Gasteiger partial charge in [0.05, 0.1) is 51.7 Å². The Labute approximate surface area is 821 Å². The lowest BCUT2D eigenvalue weighted by Crippen LogP contribution is -2.47. The summed E-state index contributed by atoms with van der Waals surface area (Å²) in [4.78, 5) is 280. The zero-order valence-corrected chi connectivity index (χ0v) is 86.6. The number of rotatable bonds is 46. The molecule has 0 bridgehead atoms. The minimum atomic E-state index is -5.32. The van der Waals surface area contributed by atoms with Crippen molar-refractivity contribution in [3.05, 3.63) is 286 Å². The fraction of sp³-hybridized carbons (Fsp3) is 0.225. The minimum Gasteiger partial charge on any atom is -0.687 e. The van der Waals surface area contributed by atoms with Gasteiger partial charge in [-0.05, 0) is 185 Å². The van der Waals surface area contributed by atoms with Crippen LogP contribution >= 0.6 is 101 Å². The number of para-hydroxylation sites is 4. The average molecular weight is 2210 g/mol. The lowest BCUT2D eigenvalue weighted by molar-refractivity contribution is -0.436. The van der Waals surface area contributed by atoms with Crippen LogP contribution in [0.5, 0.6) is 57.5 Å². The fourth-order valence-corrected chi connectivity index (χ4v) is 33.4. The molecule has 752 valence electrons. The van der Waals surface area contributed by atoms with Gasteiger partial charge >= 0.3 is 29.8 Å². The van der Waals surface area contributed by atoms with E-state index in [1.165, 1.54) is 109 Å². The molecule has 0 radical (unpaired) electrons. The van der Waals surface area contributed by atoms with Crippen molar-refractivity contribution in [1.29, 1.82) is 0 Å². The lowest BCUT2D eigenvalue weighted by Gasteiger charge is -2.49. The highest BCUT2D eigenvalue weighted by Gasteiger charge is 2.59. The van der Waals surface area contributed by atoms with Crippen LogP contribution in [0.25, 0.3) is 32.0 Å². The van der Waals surface area contributed by atoms with Crippen molar-refractivity contribution < 1.29 is 163 Å². The first-order chi connectivity index (χ1) is 65.5. The number of hydrogen-bond acceptors (Lipinski definition) is 45. The molecule has 3 aliphatic rings. The van der Waals surface area contributed by atoms with Gasteiger partial charge in [-0.1, -0.05) is 121 Å². The van der Waals surface area contributed by atoms with Crippen LogP contribution in [0.1, 0.15) is 33.4 Å². The summed E-state index contributed by atoms with van der Waals surface area (Å²) in [5.41, 5.74) is 5.20. The summed E-state index contributed by atoms with van der Waals surface area (Å²) in [7, 11) is -58.8. The number of benzene rings is 10. The Morgan fingerprint density at radius 1 is 0.343 bits per heavy atom. The summed E-state index contributed by atoms with van der Waals surface area (Å²) in [5.74, 6) is 1.64. The molecule has 60 heteroatoms. The molecule has 10 aromatic carbocycles. The maximum absolute atomic E-state index is 12.0. The van der Waals surface area contributed by atoms with E-state index in [0.717, 1.165) is 9.80 Å². The molecular weight excluding hydrogens is 2130 g/mol. The molecule has 0 fully saturated rings. The molecular formula is C80H88N11O34P13S2-8. The molecule has 140 heavy (non-hydrogen) atoms. The van der Waals surface area contributed by atoms with E-state index >= 15 is 0 Å². The second-order valence-corrected chi connectivity index (χ2v) is 56.8. The second kappa shape index (κ2) is 46.6. The monoisotopic (exact) mass is 2210 g/mol. The van der Waals surface area contributed by atoms with Crippen molar-refractivity contribution >= 4 is 138 Å². The van der Waals surface area contributed by atoms with E-state index < -0.39 is 152 Å². The number of nitrogens with zero attached hydrogens (tertiary/aromatic N) is 11. The van der Waals surface area contributed by atoms with E-state index in [1.807, 2.05) is 48.5 Å². The van der Waals surface area contributed by atoms with Gasteiger partial charge in [-0.25, -0.2) is 58.7 Å². The van der Waals surface area contributed by atoms with Gasteiger partial charge in [-0.15, -0.1) is 51.5 Å². The number of hydrazone groups is 2. The van der Waals surface area contributed by atoms with Crippen molar-refractivity contribution in [2.75, 3.05) is 90.6 Å². The highest BCUT2D eigenvalue weighted by Crippen LogP contribution is 2.97. The van der Waals surface area contributed by atoms with Crippen LogP contribution in [-0.2, 0) is 50.2 Å². The normalized spacial score (nSPS) is 15.7. The van der Waals surface area contributed by atoms with Crippen molar-refractivity contribution in [3.63, 3.8) is 0 Å². The van der Waals surface area contributed by atoms with Crippen LogP contribution in [0.15, 0.2) is 257 Å². The van der Waals surface area contributed by atoms with Crippen molar-refractivity contribution in [2.24, 2.45) is 14.7 Å². The van der Waals surface area contributed by atoms with Crippen LogP contribution in [0, 0.1) is 0 Å². The van der Waals surface area contributed by atoms with Crippen LogP contribution in [0.3, 0.4) is 0 Å². The van der Waals surface area contributed by atoms with E-state index in [-0.39, 0.29) is 109 Å². The van der Waals surface area contributed by atoms with E-state index in [2.05, 4.69) is 0 Å². The Kier molecular flexibility index (Phi) is 37.0. The van der Waals surface area contributed by atoms with Crippen LogP contribution < -0.4 is 124 Å². The molecule has 45 nitrogen and oxygen atoms in total. The van der Waals surface area contributed by atoms with Gasteiger partial charge in [0.1, 0.15) is 11.5 Å². The summed E-state index contributed by atoms with van der Waals surface area (Å²) < 4.78 is 76.8. The third-order valence-electron chi connectivity index (χ3n) is 19.8. The summed E-state index contributed by atoms with van der Waals surface area (Å²) >= 11 is 12.5. The third kappa shape index (κ3) is 34.6. The highest BCUT2D eigenvalue weighted by atomic mass is 32.7. The molecule has 0 aliphatic carbocycles. The summed E-state index contributed by atoms with van der Waals surface area (Å²) in [6.45, 7) is -1.02. The smallest absolute Gasteiger partial charge is 0.456 e. The first kappa shape index (κ1) is 111. The molecule has 3 aliphatic heterocycles. The van der Waals surface area contributed by atoms with E-state index in [9.17, 15) is 117 Å². The predicted molar refractivity (Wildman–Crippen MR) is 512 cm³/mol. The first-order valence-corrected chi connectivity index (χ1v) is 65.1. The Morgan fingerprint density at radius 2 is 0.586 bits per heavy atom. The Bertz CT molecular complexity index is 5350. The molecule has 10 aromatic rings. The molecule has 0 aromatic heterocycles. The van der Waals surface area contributed by atoms with Crippen molar-refractivity contribution in [1.82, 2.24) is 29.2 Å². The Morgan fingerprint density at radius 3 is 0.850 bits per heavy atom. The molecule has 3 heterocycles. The minimum absolute atomic E-state index is 0.0499. The summed E-state index contributed by atoms with van der Waals surface area (Å²) in [6.07, 6.45) is -5.81. The maximum Gasteiger partial charge on any atom is 0.456 e. The van der Waals surface area contributed by atoms with Crippen LogP contribution in [-0.4, -0.2) is 171 Å². The lowest BCUT2D eigenvalue weighted by atomic mass is 10.0. The molecule has 0 amide bonds. The van der Waals surface area contributed by atoms with E-state index in [1.54, 1.807) is 121 Å². The molecule has 13 rings (SSSR count). The van der Waals surface area contributed by atoms with Crippen LogP contribution in [0.2, 0.25) is 0 Å². The van der Waals surface area contributed by atoms with Gasteiger partial charge in [0.25, 0.3) is 8.02 Å². The molecule has 8 N–H and O–H groups in total. The standard InChI is InChI=1S/C80H96N11O34P13S2/c1-86(137(139,118-69-31-19-61(20-32-69)43-47-88(53-126(92,93)94)54-127(95,96)97)119-70-33-21-62(22-34-70)44-48-89(55-128(98,99)100)56-129(101,102)103)81-51-65-27-39-67(40-28-65)116-134(83-135(122-77-15-7-3-11-73(77)74-12-4-8-16-78(74)123-135)85-136(84-134)124-79-17-9-5-13-75(79)76-14-6-10-18-80(76)125-136)117-68-41-29-66(30-42-68)52-82-87(2)138(140,120-71-35-23-63(24-36-71)45-49-90(57-130(104,105)106)58-131(107,108)109)121-72-37-25-64(26-38-72)46-50-91(59-132(110,111)112)60-133(113,114)115/h3-42,51-52H,43-50,53-60H2,1-2H3,(H2,92,93,94)(H2,95,96,97)(H2,98,99,100)(H2,101,102,103)(H2,104,105,106)(H2,107,108,109)(H2,110,111,112)(H2,113,114,115)/p-8/b81-51-,82-52-. The van der Waals surface area contributed by atoms with Gasteiger partial charge in [0, 0.05) is 48.4 Å². The van der Waals surface area contributed by atoms with Gasteiger partial charge in [0.2, 0.25) is 31.8 Å². The molecule has 1 atom stereocenters. The number of hydrogen-bond donors (Lipinski definition) is 8. The Hall–Kier alpha value is -5.97. The Balaban J connectivity index is 0.830. The fourth-order valence-electron chi connectivity index (χ4n) is 13.9. The number of fused-ring (bicyclic) bond motifs is 6. The molecule has 0 saturated carbocycles. The second-order valence-electron chi connectivity index (χ2n) is 31.6. The molecule has 2 spiro atoms. The van der Waals surface area contributed by atoms with Gasteiger partial charge in [-0.3, -0.25) is 9.05 Å². The van der Waals surface area contributed by atoms with Crippen LogP contribution in [0.4, 0.5) is 0 Å². The summed E-state index contributed by atoms with van der Waals surface area (Å²) in [5, 5.41) is 9.42. The van der Waals surface area contributed by atoms with Crippen molar-refractivity contribution in [2.45, 2.75) is 25.7 Å². The van der Waals surface area contributed by atoms with Gasteiger partial charge in [-0.2, -0.15) is 4.86 Å². The topological polar surface area (TPSA) is 708 Å². The molecule has 1 unspecified atom stereocenters. The van der Waals surface area contributed by atoms with Gasteiger partial charge < -0.3 is 144 Å². The largest absolute Gasteiger partial charge is 0.687 e. The quantitative estimate of drug-likeness (QED) is 0.0118. The summed E-state index contributed by atoms with van der Waals surface area (Å²) in [6, 6.07) is 65.4. The van der Waals surface area contributed by atoms with Crippen molar-refractivity contribution in [3.8, 4) is 79.7 Å².